The molecule has 1 rings (SSSR count). The molecular formula is C14H28N4O2. The minimum absolute atomic E-state index is 0.00167. The first-order valence-electron chi connectivity index (χ1n) is 7.32. The molecule has 0 aromatic rings. The van der Waals surface area contributed by atoms with E-state index in [1.165, 1.54) is 0 Å². The molecule has 20 heavy (non-hydrogen) atoms. The van der Waals surface area contributed by atoms with Gasteiger partial charge in [0.15, 0.2) is 0 Å². The molecule has 2 amide bonds. The Morgan fingerprint density at radius 2 is 2.05 bits per heavy atom. The van der Waals surface area contributed by atoms with Crippen LogP contribution in [0.1, 0.15) is 27.2 Å². The summed E-state index contributed by atoms with van der Waals surface area (Å²) in [5.74, 6) is 0.0700. The predicted octanol–water partition coefficient (Wildman–Crippen LogP) is -0.458. The minimum atomic E-state index is -0.565. The highest BCUT2D eigenvalue weighted by atomic mass is 16.2. The lowest BCUT2D eigenvalue weighted by molar-refractivity contribution is -0.128. The van der Waals surface area contributed by atoms with E-state index in [0.29, 0.717) is 5.92 Å². The number of likely N-dealkylation sites (tertiary alicyclic amines) is 1. The monoisotopic (exact) mass is 284 g/mol. The summed E-state index contributed by atoms with van der Waals surface area (Å²) in [7, 11) is 2.09. The molecule has 0 saturated carbocycles. The lowest BCUT2D eigenvalue weighted by atomic mass is 9.94. The number of carbonyl (C=O) groups is 2. The zero-order valence-corrected chi connectivity index (χ0v) is 13.0. The Labute approximate surface area is 121 Å². The summed E-state index contributed by atoms with van der Waals surface area (Å²) in [5.41, 5.74) is 5.72. The van der Waals surface area contributed by atoms with Crippen molar-refractivity contribution < 1.29 is 9.59 Å². The first-order chi connectivity index (χ1) is 9.31. The summed E-state index contributed by atoms with van der Waals surface area (Å²) in [6.45, 7) is 7.86. The summed E-state index contributed by atoms with van der Waals surface area (Å²) in [4.78, 5) is 25.8. The van der Waals surface area contributed by atoms with Crippen molar-refractivity contribution >= 4 is 11.8 Å². The lowest BCUT2D eigenvalue weighted by Gasteiger charge is -2.35. The fourth-order valence-electron chi connectivity index (χ4n) is 2.41. The molecule has 0 aromatic carbocycles. The van der Waals surface area contributed by atoms with Crippen LogP contribution in [0.15, 0.2) is 0 Å². The van der Waals surface area contributed by atoms with Crippen LogP contribution < -0.4 is 16.4 Å². The van der Waals surface area contributed by atoms with E-state index in [-0.39, 0.29) is 30.3 Å². The molecule has 6 heteroatoms. The number of nitrogens with zero attached hydrogens (tertiary/aromatic N) is 1. The first kappa shape index (κ1) is 16.9. The van der Waals surface area contributed by atoms with Crippen molar-refractivity contribution in [3.63, 3.8) is 0 Å². The SMILES string of the molecule is CC1CN(C)CCC1NC(=O)CNC(=O)[C@@H](N)C(C)C. The van der Waals surface area contributed by atoms with E-state index in [4.69, 9.17) is 5.73 Å². The number of nitrogens with two attached hydrogens (primary N) is 1. The van der Waals surface area contributed by atoms with Crippen LogP contribution in [0.3, 0.4) is 0 Å². The van der Waals surface area contributed by atoms with E-state index in [1.54, 1.807) is 0 Å². The van der Waals surface area contributed by atoms with Crippen molar-refractivity contribution in [2.75, 3.05) is 26.7 Å². The second kappa shape index (κ2) is 7.59. The van der Waals surface area contributed by atoms with Crippen LogP contribution >= 0.6 is 0 Å². The second-order valence-corrected chi connectivity index (χ2v) is 6.19. The van der Waals surface area contributed by atoms with Crippen molar-refractivity contribution in [1.29, 1.82) is 0 Å². The van der Waals surface area contributed by atoms with E-state index in [1.807, 2.05) is 13.8 Å². The maximum absolute atomic E-state index is 11.9. The number of rotatable bonds is 5. The van der Waals surface area contributed by atoms with Crippen molar-refractivity contribution in [1.82, 2.24) is 15.5 Å². The van der Waals surface area contributed by atoms with Crippen molar-refractivity contribution in [3.05, 3.63) is 0 Å². The van der Waals surface area contributed by atoms with Gasteiger partial charge in [-0.05, 0) is 31.8 Å². The van der Waals surface area contributed by atoms with Gasteiger partial charge in [0.2, 0.25) is 11.8 Å². The van der Waals surface area contributed by atoms with Crippen LogP contribution in [0.25, 0.3) is 0 Å². The van der Waals surface area contributed by atoms with Crippen LogP contribution in [0.4, 0.5) is 0 Å². The van der Waals surface area contributed by atoms with Gasteiger partial charge in [0.1, 0.15) is 0 Å². The molecule has 1 fully saturated rings. The standard InChI is InChI=1S/C14H28N4O2/c1-9(2)13(15)14(20)16-7-12(19)17-11-5-6-18(4)8-10(11)3/h9-11,13H,5-8,15H2,1-4H3,(H,16,20)(H,17,19)/t10?,11?,13-/m0/s1. The number of hydrogen-bond donors (Lipinski definition) is 3. The van der Waals surface area contributed by atoms with Gasteiger partial charge in [-0.1, -0.05) is 20.8 Å². The second-order valence-electron chi connectivity index (χ2n) is 6.19. The molecule has 4 N–H and O–H groups in total. The molecule has 116 valence electrons. The summed E-state index contributed by atoms with van der Waals surface area (Å²) < 4.78 is 0. The molecule has 1 saturated heterocycles. The maximum atomic E-state index is 11.9. The van der Waals surface area contributed by atoms with Gasteiger partial charge < -0.3 is 21.3 Å². The molecule has 2 unspecified atom stereocenters. The van der Waals surface area contributed by atoms with Gasteiger partial charge in [-0.15, -0.1) is 0 Å². The Hall–Kier alpha value is -1.14. The molecule has 1 heterocycles. The molecule has 0 aliphatic carbocycles. The number of nitrogens with one attached hydrogen (secondary N) is 2. The molecule has 0 spiro atoms. The van der Waals surface area contributed by atoms with Crippen molar-refractivity contribution in [2.24, 2.45) is 17.6 Å². The predicted molar refractivity (Wildman–Crippen MR) is 79.0 cm³/mol. The molecule has 0 bridgehead atoms. The number of amides is 2. The lowest BCUT2D eigenvalue weighted by Crippen LogP contribution is -2.52. The quantitative estimate of drug-likeness (QED) is 0.638. The molecule has 3 atom stereocenters. The maximum Gasteiger partial charge on any atom is 0.239 e. The van der Waals surface area contributed by atoms with E-state index in [2.05, 4.69) is 29.5 Å². The molecular weight excluding hydrogens is 256 g/mol. The van der Waals surface area contributed by atoms with Crippen molar-refractivity contribution in [3.8, 4) is 0 Å². The zero-order chi connectivity index (χ0) is 15.3. The number of hydrogen-bond acceptors (Lipinski definition) is 4. The van der Waals surface area contributed by atoms with Gasteiger partial charge in [-0.25, -0.2) is 0 Å². The average Bonchev–Trinajstić information content (AvgIpc) is 2.38. The third-order valence-corrected chi connectivity index (χ3v) is 3.90. The van der Waals surface area contributed by atoms with Crippen LogP contribution in [0.2, 0.25) is 0 Å². The van der Waals surface area contributed by atoms with Crippen molar-refractivity contribution in [2.45, 2.75) is 39.3 Å². The number of piperidine rings is 1. The highest BCUT2D eigenvalue weighted by Crippen LogP contribution is 2.14. The van der Waals surface area contributed by atoms with E-state index in [0.717, 1.165) is 19.5 Å². The van der Waals surface area contributed by atoms with E-state index < -0.39 is 6.04 Å². The molecule has 1 aliphatic heterocycles. The Morgan fingerprint density at radius 1 is 1.40 bits per heavy atom. The first-order valence-corrected chi connectivity index (χ1v) is 7.32. The molecule has 1 aliphatic rings. The number of carbonyl (C=O) groups excluding carboxylic acids is 2. The average molecular weight is 284 g/mol. The Morgan fingerprint density at radius 3 is 2.60 bits per heavy atom. The summed E-state index contributed by atoms with van der Waals surface area (Å²) in [5, 5.41) is 5.58. The van der Waals surface area contributed by atoms with E-state index >= 15 is 0 Å². The Bertz CT molecular complexity index is 346. The zero-order valence-electron chi connectivity index (χ0n) is 13.0. The summed E-state index contributed by atoms with van der Waals surface area (Å²) >= 11 is 0. The van der Waals surface area contributed by atoms with Gasteiger partial charge in [-0.3, -0.25) is 9.59 Å². The van der Waals surface area contributed by atoms with Gasteiger partial charge in [0.05, 0.1) is 12.6 Å². The summed E-state index contributed by atoms with van der Waals surface area (Å²) in [6.07, 6.45) is 0.947. The van der Waals surface area contributed by atoms with Crippen LogP contribution in [0.5, 0.6) is 0 Å². The fraction of sp³-hybridized carbons (Fsp3) is 0.857. The molecule has 0 radical (unpaired) electrons. The largest absolute Gasteiger partial charge is 0.351 e. The minimum Gasteiger partial charge on any atom is -0.351 e. The highest BCUT2D eigenvalue weighted by Gasteiger charge is 2.25. The highest BCUT2D eigenvalue weighted by molar-refractivity contribution is 5.87. The molecule has 0 aromatic heterocycles. The van der Waals surface area contributed by atoms with Crippen LogP contribution in [-0.2, 0) is 9.59 Å². The Kier molecular flexibility index (Phi) is 6.42. The fourth-order valence-corrected chi connectivity index (χ4v) is 2.41. The smallest absolute Gasteiger partial charge is 0.239 e. The Balaban J connectivity index is 2.32. The van der Waals surface area contributed by atoms with Gasteiger partial charge in [-0.2, -0.15) is 0 Å². The van der Waals surface area contributed by atoms with Crippen LogP contribution in [-0.4, -0.2) is 55.5 Å². The van der Waals surface area contributed by atoms with Crippen LogP contribution in [0, 0.1) is 11.8 Å². The summed E-state index contributed by atoms with van der Waals surface area (Å²) in [6, 6.07) is -0.376. The molecule has 6 nitrogen and oxygen atoms in total. The third-order valence-electron chi connectivity index (χ3n) is 3.90. The van der Waals surface area contributed by atoms with Gasteiger partial charge in [0.25, 0.3) is 0 Å². The van der Waals surface area contributed by atoms with Gasteiger partial charge >= 0.3 is 0 Å². The topological polar surface area (TPSA) is 87.5 Å². The van der Waals surface area contributed by atoms with Gasteiger partial charge in [0, 0.05) is 12.6 Å². The normalized spacial score (nSPS) is 25.3. The third kappa shape index (κ3) is 5.09. The van der Waals surface area contributed by atoms with E-state index in [9.17, 15) is 9.59 Å².